The van der Waals surface area contributed by atoms with Crippen LogP contribution in [0.15, 0.2) is 24.3 Å². The van der Waals surface area contributed by atoms with Crippen LogP contribution in [0.1, 0.15) is 62.5 Å². The van der Waals surface area contributed by atoms with Crippen molar-refractivity contribution >= 4 is 0 Å². The van der Waals surface area contributed by atoms with Gasteiger partial charge in [-0.3, -0.25) is 0 Å². The van der Waals surface area contributed by atoms with Crippen molar-refractivity contribution < 1.29 is 4.74 Å². The molecule has 1 aliphatic carbocycles. The number of benzene rings is 1. The molecule has 0 atom stereocenters. The summed E-state index contributed by atoms with van der Waals surface area (Å²) in [5, 5.41) is 0. The molecule has 1 aromatic carbocycles. The summed E-state index contributed by atoms with van der Waals surface area (Å²) in [6, 6.07) is 9.08. The first-order valence-corrected chi connectivity index (χ1v) is 7.06. The van der Waals surface area contributed by atoms with Crippen molar-refractivity contribution in [2.24, 2.45) is 0 Å². The Bertz CT molecular complexity index is 309. The fourth-order valence-electron chi connectivity index (χ4n) is 2.66. The van der Waals surface area contributed by atoms with Crippen LogP contribution in [0, 0.1) is 0 Å². The zero-order valence-corrected chi connectivity index (χ0v) is 11.0. The molecule has 0 spiro atoms. The molecule has 0 aliphatic heterocycles. The molecular weight excluding hydrogens is 208 g/mol. The highest BCUT2D eigenvalue weighted by Crippen LogP contribution is 2.32. The zero-order valence-electron chi connectivity index (χ0n) is 11.0. The van der Waals surface area contributed by atoms with Crippen molar-refractivity contribution in [1.29, 1.82) is 0 Å². The summed E-state index contributed by atoms with van der Waals surface area (Å²) in [6.07, 6.45) is 8.11. The number of rotatable bonds is 5. The summed E-state index contributed by atoms with van der Waals surface area (Å²) in [5.41, 5.74) is 2.84. The van der Waals surface area contributed by atoms with Gasteiger partial charge in [0, 0.05) is 6.61 Å². The van der Waals surface area contributed by atoms with Gasteiger partial charge in [0.1, 0.15) is 0 Å². The highest BCUT2D eigenvalue weighted by Gasteiger charge is 2.14. The predicted molar refractivity (Wildman–Crippen MR) is 72.2 cm³/mol. The molecule has 2 rings (SSSR count). The summed E-state index contributed by atoms with van der Waals surface area (Å²) in [6.45, 7) is 3.77. The van der Waals surface area contributed by atoms with E-state index in [-0.39, 0.29) is 0 Å². The lowest BCUT2D eigenvalue weighted by Crippen LogP contribution is -2.04. The number of ether oxygens (including phenoxy) is 1. The molecule has 1 heteroatoms. The minimum absolute atomic E-state index is 0.763. The molecule has 17 heavy (non-hydrogen) atoms. The Labute approximate surface area is 105 Å². The van der Waals surface area contributed by atoms with E-state index in [1.165, 1.54) is 43.2 Å². The molecule has 0 bridgehead atoms. The Kier molecular flexibility index (Phi) is 5.06. The molecule has 0 saturated heterocycles. The SMILES string of the molecule is CCCOCc1ccc(C2CCCCC2)cc1. The van der Waals surface area contributed by atoms with Crippen LogP contribution < -0.4 is 0 Å². The van der Waals surface area contributed by atoms with Crippen LogP contribution in [-0.2, 0) is 11.3 Å². The maximum absolute atomic E-state index is 5.55. The van der Waals surface area contributed by atoms with E-state index in [0.29, 0.717) is 0 Å². The normalized spacial score (nSPS) is 17.2. The summed E-state index contributed by atoms with van der Waals surface area (Å²) < 4.78 is 5.55. The van der Waals surface area contributed by atoms with Crippen LogP contribution >= 0.6 is 0 Å². The average Bonchev–Trinajstić information content (AvgIpc) is 2.41. The second-order valence-corrected chi connectivity index (χ2v) is 5.13. The topological polar surface area (TPSA) is 9.23 Å². The van der Waals surface area contributed by atoms with Crippen LogP contribution in [0.4, 0.5) is 0 Å². The van der Waals surface area contributed by atoms with Gasteiger partial charge in [-0.05, 0) is 36.3 Å². The Morgan fingerprint density at radius 2 is 1.76 bits per heavy atom. The van der Waals surface area contributed by atoms with E-state index in [9.17, 15) is 0 Å². The first-order valence-electron chi connectivity index (χ1n) is 7.06. The summed E-state index contributed by atoms with van der Waals surface area (Å²) >= 11 is 0. The Morgan fingerprint density at radius 1 is 1.06 bits per heavy atom. The fourth-order valence-corrected chi connectivity index (χ4v) is 2.66. The maximum atomic E-state index is 5.55. The number of hydrogen-bond acceptors (Lipinski definition) is 1. The third-order valence-electron chi connectivity index (χ3n) is 3.67. The first kappa shape index (κ1) is 12.6. The third kappa shape index (κ3) is 3.85. The lowest BCUT2D eigenvalue weighted by Gasteiger charge is -2.22. The Hall–Kier alpha value is -0.820. The lowest BCUT2D eigenvalue weighted by atomic mass is 9.84. The molecule has 1 aromatic rings. The second kappa shape index (κ2) is 6.80. The molecule has 0 unspecified atom stereocenters. The van der Waals surface area contributed by atoms with Crippen molar-refractivity contribution in [3.05, 3.63) is 35.4 Å². The molecule has 1 aliphatic rings. The maximum Gasteiger partial charge on any atom is 0.0716 e. The van der Waals surface area contributed by atoms with Gasteiger partial charge in [-0.2, -0.15) is 0 Å². The van der Waals surface area contributed by atoms with E-state index in [2.05, 4.69) is 31.2 Å². The van der Waals surface area contributed by atoms with Crippen LogP contribution in [0.5, 0.6) is 0 Å². The monoisotopic (exact) mass is 232 g/mol. The van der Waals surface area contributed by atoms with Gasteiger partial charge in [0.15, 0.2) is 0 Å². The fraction of sp³-hybridized carbons (Fsp3) is 0.625. The highest BCUT2D eigenvalue weighted by atomic mass is 16.5. The quantitative estimate of drug-likeness (QED) is 0.671. The van der Waals surface area contributed by atoms with Gasteiger partial charge in [-0.1, -0.05) is 50.5 Å². The van der Waals surface area contributed by atoms with Crippen molar-refractivity contribution in [3.63, 3.8) is 0 Å². The molecule has 0 aromatic heterocycles. The molecule has 1 saturated carbocycles. The zero-order chi connectivity index (χ0) is 11.9. The average molecular weight is 232 g/mol. The molecule has 1 nitrogen and oxygen atoms in total. The van der Waals surface area contributed by atoms with Gasteiger partial charge in [0.05, 0.1) is 6.61 Å². The second-order valence-electron chi connectivity index (χ2n) is 5.13. The van der Waals surface area contributed by atoms with Crippen LogP contribution in [-0.4, -0.2) is 6.61 Å². The van der Waals surface area contributed by atoms with Gasteiger partial charge in [0.25, 0.3) is 0 Å². The van der Waals surface area contributed by atoms with E-state index < -0.39 is 0 Å². The lowest BCUT2D eigenvalue weighted by molar-refractivity contribution is 0.121. The molecule has 0 heterocycles. The minimum atomic E-state index is 0.763. The van der Waals surface area contributed by atoms with Crippen molar-refractivity contribution in [2.45, 2.75) is 58.0 Å². The predicted octanol–water partition coefficient (Wildman–Crippen LogP) is 4.66. The van der Waals surface area contributed by atoms with Crippen LogP contribution in [0.3, 0.4) is 0 Å². The third-order valence-corrected chi connectivity index (χ3v) is 3.67. The summed E-state index contributed by atoms with van der Waals surface area (Å²) in [4.78, 5) is 0. The molecule has 1 fully saturated rings. The summed E-state index contributed by atoms with van der Waals surface area (Å²) in [7, 11) is 0. The first-order chi connectivity index (χ1) is 8.40. The van der Waals surface area contributed by atoms with Crippen LogP contribution in [0.25, 0.3) is 0 Å². The molecule has 0 amide bonds. The van der Waals surface area contributed by atoms with E-state index in [1.54, 1.807) is 0 Å². The molecular formula is C16H24O. The molecule has 0 radical (unpaired) electrons. The van der Waals surface area contributed by atoms with E-state index in [0.717, 1.165) is 25.6 Å². The van der Waals surface area contributed by atoms with E-state index in [1.807, 2.05) is 0 Å². The largest absolute Gasteiger partial charge is 0.377 e. The standard InChI is InChI=1S/C16H24O/c1-2-12-17-13-14-8-10-16(11-9-14)15-6-4-3-5-7-15/h8-11,15H,2-7,12-13H2,1H3. The van der Waals surface area contributed by atoms with Crippen molar-refractivity contribution in [2.75, 3.05) is 6.61 Å². The smallest absolute Gasteiger partial charge is 0.0716 e. The molecule has 94 valence electrons. The van der Waals surface area contributed by atoms with Gasteiger partial charge < -0.3 is 4.74 Å². The summed E-state index contributed by atoms with van der Waals surface area (Å²) in [5.74, 6) is 0.814. The van der Waals surface area contributed by atoms with Crippen molar-refractivity contribution in [3.8, 4) is 0 Å². The van der Waals surface area contributed by atoms with Gasteiger partial charge in [-0.25, -0.2) is 0 Å². The van der Waals surface area contributed by atoms with E-state index >= 15 is 0 Å². The Balaban J connectivity index is 1.88. The Morgan fingerprint density at radius 3 is 2.41 bits per heavy atom. The van der Waals surface area contributed by atoms with Gasteiger partial charge >= 0.3 is 0 Å². The highest BCUT2D eigenvalue weighted by molar-refractivity contribution is 5.25. The van der Waals surface area contributed by atoms with E-state index in [4.69, 9.17) is 4.74 Å². The molecule has 0 N–H and O–H groups in total. The van der Waals surface area contributed by atoms with Crippen LogP contribution in [0.2, 0.25) is 0 Å². The number of hydrogen-bond donors (Lipinski definition) is 0. The minimum Gasteiger partial charge on any atom is -0.377 e. The van der Waals surface area contributed by atoms with Crippen molar-refractivity contribution in [1.82, 2.24) is 0 Å². The van der Waals surface area contributed by atoms with Gasteiger partial charge in [-0.15, -0.1) is 0 Å². The van der Waals surface area contributed by atoms with Gasteiger partial charge in [0.2, 0.25) is 0 Å².